The monoisotopic (exact) mass is 365 g/mol. The van der Waals surface area contributed by atoms with Crippen molar-refractivity contribution in [1.82, 2.24) is 0 Å². The van der Waals surface area contributed by atoms with Gasteiger partial charge in [0, 0.05) is 6.61 Å². The van der Waals surface area contributed by atoms with Crippen molar-refractivity contribution >= 4 is 26.0 Å². The number of hydrogen-bond acceptors (Lipinski definition) is 4. The molecule has 0 aliphatic carbocycles. The maximum atomic E-state index is 11.2. The first kappa shape index (κ1) is 17.4. The van der Waals surface area contributed by atoms with Crippen LogP contribution < -0.4 is 9.88 Å². The minimum atomic E-state index is -3.69. The Morgan fingerprint density at radius 1 is 1.25 bits per heavy atom. The van der Waals surface area contributed by atoms with E-state index in [4.69, 9.17) is 14.6 Å². The normalized spacial score (nSPS) is 11.8. The lowest BCUT2D eigenvalue weighted by molar-refractivity contribution is 0.0923. The second-order valence-electron chi connectivity index (χ2n) is 4.78. The molecule has 7 heteroatoms. The van der Waals surface area contributed by atoms with Crippen LogP contribution in [0.3, 0.4) is 0 Å². The number of benzene rings is 1. The second kappa shape index (κ2) is 7.97. The summed E-state index contributed by atoms with van der Waals surface area (Å²) in [6.07, 6.45) is 1.02. The van der Waals surface area contributed by atoms with Crippen LogP contribution in [0.15, 0.2) is 27.6 Å². The van der Waals surface area contributed by atoms with Gasteiger partial charge in [-0.2, -0.15) is 0 Å². The molecule has 2 N–H and O–H groups in total. The van der Waals surface area contributed by atoms with Crippen LogP contribution in [-0.2, 0) is 14.8 Å². The van der Waals surface area contributed by atoms with E-state index in [-0.39, 0.29) is 4.90 Å². The van der Waals surface area contributed by atoms with Gasteiger partial charge in [0.05, 0.1) is 16.0 Å². The van der Waals surface area contributed by atoms with Crippen LogP contribution in [0.5, 0.6) is 5.75 Å². The molecule has 0 unspecified atom stereocenters. The van der Waals surface area contributed by atoms with Gasteiger partial charge in [0.25, 0.3) is 0 Å². The van der Waals surface area contributed by atoms with Gasteiger partial charge in [0.15, 0.2) is 0 Å². The zero-order valence-corrected chi connectivity index (χ0v) is 14.0. The summed E-state index contributed by atoms with van der Waals surface area (Å²) in [6, 6.07) is 4.40. The zero-order chi connectivity index (χ0) is 15.2. The van der Waals surface area contributed by atoms with Gasteiger partial charge in [0.1, 0.15) is 12.4 Å². The predicted molar refractivity (Wildman–Crippen MR) is 81.3 cm³/mol. The molecular formula is C13H20BrNO4S. The molecule has 0 bridgehead atoms. The summed E-state index contributed by atoms with van der Waals surface area (Å²) >= 11 is 3.26. The number of ether oxygens (including phenoxy) is 2. The predicted octanol–water partition coefficient (Wildman–Crippen LogP) is 2.54. The first-order valence-electron chi connectivity index (χ1n) is 6.33. The van der Waals surface area contributed by atoms with Crippen molar-refractivity contribution in [3.8, 4) is 5.75 Å². The van der Waals surface area contributed by atoms with E-state index in [1.54, 1.807) is 6.07 Å². The molecule has 20 heavy (non-hydrogen) atoms. The summed E-state index contributed by atoms with van der Waals surface area (Å²) < 4.78 is 33.8. The largest absolute Gasteiger partial charge is 0.490 e. The lowest BCUT2D eigenvalue weighted by Crippen LogP contribution is -2.12. The summed E-state index contributed by atoms with van der Waals surface area (Å²) in [5, 5.41) is 5.05. The van der Waals surface area contributed by atoms with E-state index in [1.807, 2.05) is 0 Å². The molecule has 0 aliphatic heterocycles. The molecule has 114 valence electrons. The molecule has 1 rings (SSSR count). The highest BCUT2D eigenvalue weighted by molar-refractivity contribution is 9.10. The van der Waals surface area contributed by atoms with Crippen LogP contribution in [0.4, 0.5) is 0 Å². The van der Waals surface area contributed by atoms with Crippen molar-refractivity contribution in [2.75, 3.05) is 19.8 Å². The van der Waals surface area contributed by atoms with Gasteiger partial charge in [-0.15, -0.1) is 0 Å². The van der Waals surface area contributed by atoms with E-state index in [0.717, 1.165) is 6.42 Å². The Morgan fingerprint density at radius 3 is 2.50 bits per heavy atom. The van der Waals surface area contributed by atoms with E-state index in [1.165, 1.54) is 12.1 Å². The Kier molecular flexibility index (Phi) is 6.94. The smallest absolute Gasteiger partial charge is 0.238 e. The third kappa shape index (κ3) is 6.21. The summed E-state index contributed by atoms with van der Waals surface area (Å²) in [6.45, 7) is 5.90. The molecule has 5 nitrogen and oxygen atoms in total. The third-order valence-electron chi connectivity index (χ3n) is 2.56. The average Bonchev–Trinajstić information content (AvgIpc) is 2.33. The van der Waals surface area contributed by atoms with Crippen LogP contribution in [-0.4, -0.2) is 28.2 Å². The van der Waals surface area contributed by atoms with E-state index in [2.05, 4.69) is 29.8 Å². The van der Waals surface area contributed by atoms with Crippen LogP contribution in [0.1, 0.15) is 20.3 Å². The number of hydrogen-bond donors (Lipinski definition) is 1. The molecule has 0 radical (unpaired) electrons. The van der Waals surface area contributed by atoms with Gasteiger partial charge in [-0.3, -0.25) is 0 Å². The molecular weight excluding hydrogens is 346 g/mol. The maximum Gasteiger partial charge on any atom is 0.238 e. The quantitative estimate of drug-likeness (QED) is 0.717. The molecule has 0 heterocycles. The number of halogens is 1. The molecule has 0 saturated heterocycles. The summed E-state index contributed by atoms with van der Waals surface area (Å²) in [5.74, 6) is 1.18. The van der Waals surface area contributed by atoms with E-state index < -0.39 is 10.0 Å². The average molecular weight is 366 g/mol. The highest BCUT2D eigenvalue weighted by Crippen LogP contribution is 2.27. The highest BCUT2D eigenvalue weighted by atomic mass is 79.9. The number of nitrogens with two attached hydrogens (primary N) is 1. The first-order valence-corrected chi connectivity index (χ1v) is 8.67. The lowest BCUT2D eigenvalue weighted by Gasteiger charge is -2.10. The fourth-order valence-corrected chi connectivity index (χ4v) is 2.59. The fraction of sp³-hybridized carbons (Fsp3) is 0.538. The van der Waals surface area contributed by atoms with Crippen molar-refractivity contribution in [2.24, 2.45) is 11.1 Å². The van der Waals surface area contributed by atoms with Crippen LogP contribution >= 0.6 is 15.9 Å². The summed E-state index contributed by atoms with van der Waals surface area (Å²) in [4.78, 5) is 0.0462. The van der Waals surface area contributed by atoms with Gasteiger partial charge in [-0.25, -0.2) is 13.6 Å². The lowest BCUT2D eigenvalue weighted by atomic mass is 10.1. The van der Waals surface area contributed by atoms with Gasteiger partial charge in [0.2, 0.25) is 10.0 Å². The minimum absolute atomic E-state index is 0.0462. The van der Waals surface area contributed by atoms with Crippen LogP contribution in [0.25, 0.3) is 0 Å². The topological polar surface area (TPSA) is 78.6 Å². The third-order valence-corrected chi connectivity index (χ3v) is 4.09. The van der Waals surface area contributed by atoms with Crippen LogP contribution in [0.2, 0.25) is 0 Å². The Morgan fingerprint density at radius 2 is 1.95 bits per heavy atom. The molecule has 0 saturated carbocycles. The summed E-state index contributed by atoms with van der Waals surface area (Å²) in [5.41, 5.74) is 0. The highest BCUT2D eigenvalue weighted by Gasteiger charge is 2.10. The van der Waals surface area contributed by atoms with Gasteiger partial charge in [-0.05, 0) is 46.5 Å². The standard InChI is InChI=1S/C13H20BrNO4S/c1-10(2)5-6-18-7-8-19-13-4-3-11(9-12(13)14)20(15,16)17/h3-4,9-10H,5-8H2,1-2H3,(H2,15,16,17). The van der Waals surface area contributed by atoms with Crippen molar-refractivity contribution in [3.63, 3.8) is 0 Å². The molecule has 0 fully saturated rings. The maximum absolute atomic E-state index is 11.2. The Hall–Kier alpha value is -0.630. The number of sulfonamides is 1. The molecule has 0 amide bonds. The Balaban J connectivity index is 2.42. The SMILES string of the molecule is CC(C)CCOCCOc1ccc(S(N)(=O)=O)cc1Br. The number of rotatable bonds is 8. The van der Waals surface area contributed by atoms with Gasteiger partial charge in [-0.1, -0.05) is 13.8 Å². The van der Waals surface area contributed by atoms with Crippen molar-refractivity contribution in [1.29, 1.82) is 0 Å². The van der Waals surface area contributed by atoms with Crippen molar-refractivity contribution < 1.29 is 17.9 Å². The van der Waals surface area contributed by atoms with Crippen LogP contribution in [0, 0.1) is 5.92 Å². The molecule has 1 aromatic rings. The zero-order valence-electron chi connectivity index (χ0n) is 11.6. The van der Waals surface area contributed by atoms with Gasteiger partial charge >= 0.3 is 0 Å². The fourth-order valence-electron chi connectivity index (χ4n) is 1.41. The molecule has 1 aromatic carbocycles. The minimum Gasteiger partial charge on any atom is -0.490 e. The molecule has 0 atom stereocenters. The Labute approximate surface area is 128 Å². The van der Waals surface area contributed by atoms with E-state index in [0.29, 0.717) is 36.0 Å². The molecule has 0 aromatic heterocycles. The molecule has 0 spiro atoms. The van der Waals surface area contributed by atoms with Crippen molar-refractivity contribution in [2.45, 2.75) is 25.2 Å². The summed E-state index contributed by atoms with van der Waals surface area (Å²) in [7, 11) is -3.69. The van der Waals surface area contributed by atoms with E-state index in [9.17, 15) is 8.42 Å². The second-order valence-corrected chi connectivity index (χ2v) is 7.20. The van der Waals surface area contributed by atoms with Crippen molar-refractivity contribution in [3.05, 3.63) is 22.7 Å². The number of primary sulfonamides is 1. The molecule has 0 aliphatic rings. The first-order chi connectivity index (χ1) is 9.30. The Bertz CT molecular complexity index is 531. The van der Waals surface area contributed by atoms with Gasteiger partial charge < -0.3 is 9.47 Å². The van der Waals surface area contributed by atoms with E-state index >= 15 is 0 Å².